The third-order valence-electron chi connectivity index (χ3n) is 7.30. The van der Waals surface area contributed by atoms with E-state index in [0.29, 0.717) is 6.54 Å². The molecule has 8 heteroatoms. The van der Waals surface area contributed by atoms with Crippen LogP contribution in [0.4, 0.5) is 11.5 Å². The van der Waals surface area contributed by atoms with E-state index in [-0.39, 0.29) is 11.8 Å². The molecule has 8 nitrogen and oxygen atoms in total. The zero-order valence-corrected chi connectivity index (χ0v) is 20.0. The second-order valence-electron chi connectivity index (χ2n) is 9.34. The fourth-order valence-corrected chi connectivity index (χ4v) is 5.45. The fraction of sp³-hybridized carbons (Fsp3) is 0.370. The summed E-state index contributed by atoms with van der Waals surface area (Å²) < 4.78 is 7.52. The highest BCUT2D eigenvalue weighted by atomic mass is 16.5. The average Bonchev–Trinajstić information content (AvgIpc) is 3.43. The Morgan fingerprint density at radius 2 is 1.83 bits per heavy atom. The van der Waals surface area contributed by atoms with Gasteiger partial charge in [-0.05, 0) is 49.2 Å². The average molecular weight is 471 g/mol. The van der Waals surface area contributed by atoms with Crippen LogP contribution in [0.5, 0.6) is 5.75 Å². The standard InChI is InChI=1S/C27H30N6O2/c1-35-22-8-2-7-21(18-22)30-14-16-31(17-15-30)27(34)20-6-4-12-32(19-20)26-24-10-5-13-33(24)23-9-3-11-28-25(23)29-26/h2-3,5,7-11,13,18,20H,4,6,12,14-17,19H2,1H3. The number of fused-ring (bicyclic) bond motifs is 3. The Kier molecular flexibility index (Phi) is 5.64. The van der Waals surface area contributed by atoms with E-state index >= 15 is 0 Å². The molecule has 0 N–H and O–H groups in total. The number of carbonyl (C=O) groups excluding carboxylic acids is 1. The summed E-state index contributed by atoms with van der Waals surface area (Å²) in [6.07, 6.45) is 5.74. The zero-order chi connectivity index (χ0) is 23.8. The molecule has 5 heterocycles. The Morgan fingerprint density at radius 1 is 0.971 bits per heavy atom. The van der Waals surface area contributed by atoms with Crippen molar-refractivity contribution in [3.63, 3.8) is 0 Å². The van der Waals surface area contributed by atoms with Gasteiger partial charge in [0.05, 0.1) is 24.1 Å². The molecular formula is C27H30N6O2. The Bertz CT molecular complexity index is 1360. The SMILES string of the molecule is COc1cccc(N2CCN(C(=O)C3CCCN(c4nc5ncccc5n5cccc45)C3)CC2)c1. The minimum absolute atomic E-state index is 0.0108. The maximum Gasteiger partial charge on any atom is 0.227 e. The van der Waals surface area contributed by atoms with Crippen LogP contribution in [0.25, 0.3) is 16.7 Å². The van der Waals surface area contributed by atoms with Crippen LogP contribution in [0, 0.1) is 5.92 Å². The number of piperazine rings is 1. The molecule has 0 spiro atoms. The van der Waals surface area contributed by atoms with Crippen LogP contribution in [-0.2, 0) is 4.79 Å². The first-order chi connectivity index (χ1) is 17.2. The van der Waals surface area contributed by atoms with Crippen LogP contribution in [-0.4, -0.2) is 71.6 Å². The Balaban J connectivity index is 1.16. The predicted molar refractivity (Wildman–Crippen MR) is 137 cm³/mol. The van der Waals surface area contributed by atoms with E-state index < -0.39 is 0 Å². The number of rotatable bonds is 4. The number of anilines is 2. The Hall–Kier alpha value is -3.81. The van der Waals surface area contributed by atoms with Crippen molar-refractivity contribution in [1.82, 2.24) is 19.3 Å². The van der Waals surface area contributed by atoms with Crippen molar-refractivity contribution in [2.75, 3.05) is 56.2 Å². The number of nitrogens with zero attached hydrogens (tertiary/aromatic N) is 6. The third kappa shape index (κ3) is 4.03. The van der Waals surface area contributed by atoms with Crippen molar-refractivity contribution in [2.45, 2.75) is 12.8 Å². The Morgan fingerprint density at radius 3 is 2.69 bits per heavy atom. The molecule has 0 radical (unpaired) electrons. The van der Waals surface area contributed by atoms with Gasteiger partial charge in [0.2, 0.25) is 5.91 Å². The van der Waals surface area contributed by atoms with Crippen LogP contribution >= 0.6 is 0 Å². The van der Waals surface area contributed by atoms with Crippen LogP contribution in [0.2, 0.25) is 0 Å². The summed E-state index contributed by atoms with van der Waals surface area (Å²) in [5.41, 5.74) is 3.93. The molecule has 0 bridgehead atoms. The van der Waals surface area contributed by atoms with E-state index in [9.17, 15) is 4.79 Å². The van der Waals surface area contributed by atoms with Gasteiger partial charge in [0.1, 0.15) is 5.75 Å². The lowest BCUT2D eigenvalue weighted by Gasteiger charge is -2.40. The van der Waals surface area contributed by atoms with E-state index in [1.54, 1.807) is 13.3 Å². The van der Waals surface area contributed by atoms with Crippen molar-refractivity contribution in [3.8, 4) is 5.75 Å². The number of benzene rings is 1. The Labute approximate surface area is 204 Å². The zero-order valence-electron chi connectivity index (χ0n) is 20.0. The lowest BCUT2D eigenvalue weighted by molar-refractivity contribution is -0.136. The van der Waals surface area contributed by atoms with E-state index in [1.807, 2.05) is 35.2 Å². The summed E-state index contributed by atoms with van der Waals surface area (Å²) in [5, 5.41) is 0. The summed E-state index contributed by atoms with van der Waals surface area (Å²) in [6.45, 7) is 4.75. The normalized spacial score (nSPS) is 18.9. The van der Waals surface area contributed by atoms with Crippen molar-refractivity contribution < 1.29 is 9.53 Å². The molecule has 2 fully saturated rings. The van der Waals surface area contributed by atoms with Crippen LogP contribution in [0.1, 0.15) is 12.8 Å². The second-order valence-corrected chi connectivity index (χ2v) is 9.34. The van der Waals surface area contributed by atoms with Crippen LogP contribution < -0.4 is 14.5 Å². The molecule has 2 aliphatic heterocycles. The van der Waals surface area contributed by atoms with E-state index in [2.05, 4.69) is 43.6 Å². The number of pyridine rings is 1. The van der Waals surface area contributed by atoms with Crippen molar-refractivity contribution in [1.29, 1.82) is 0 Å². The molecule has 1 atom stereocenters. The van der Waals surface area contributed by atoms with Gasteiger partial charge >= 0.3 is 0 Å². The van der Waals surface area contributed by atoms with Gasteiger partial charge < -0.3 is 23.8 Å². The first kappa shape index (κ1) is 21.7. The molecule has 2 aliphatic rings. The third-order valence-corrected chi connectivity index (χ3v) is 7.30. The highest BCUT2D eigenvalue weighted by Crippen LogP contribution is 2.30. The minimum Gasteiger partial charge on any atom is -0.497 e. The molecule has 6 rings (SSSR count). The predicted octanol–water partition coefficient (Wildman–Crippen LogP) is 3.46. The number of amides is 1. The molecule has 180 valence electrons. The summed E-state index contributed by atoms with van der Waals surface area (Å²) in [6, 6.07) is 16.3. The van der Waals surface area contributed by atoms with E-state index in [1.165, 1.54) is 0 Å². The molecule has 1 unspecified atom stereocenters. The highest BCUT2D eigenvalue weighted by Gasteiger charge is 2.32. The number of piperidine rings is 1. The smallest absolute Gasteiger partial charge is 0.227 e. The van der Waals surface area contributed by atoms with Gasteiger partial charge in [0, 0.05) is 63.4 Å². The molecule has 0 saturated carbocycles. The number of methoxy groups -OCH3 is 1. The maximum absolute atomic E-state index is 13.5. The molecule has 1 amide bonds. The highest BCUT2D eigenvalue weighted by molar-refractivity contribution is 5.84. The second kappa shape index (κ2) is 9.09. The van der Waals surface area contributed by atoms with Gasteiger partial charge in [-0.25, -0.2) is 9.97 Å². The quantitative estimate of drug-likeness (QED) is 0.455. The molecule has 2 saturated heterocycles. The number of ether oxygens (including phenoxy) is 1. The van der Waals surface area contributed by atoms with E-state index in [0.717, 1.165) is 79.5 Å². The lowest BCUT2D eigenvalue weighted by atomic mass is 9.96. The largest absolute Gasteiger partial charge is 0.497 e. The number of aromatic nitrogens is 3. The van der Waals surface area contributed by atoms with Gasteiger partial charge in [-0.2, -0.15) is 0 Å². The van der Waals surface area contributed by atoms with Gasteiger partial charge in [0.15, 0.2) is 11.5 Å². The molecule has 0 aliphatic carbocycles. The lowest BCUT2D eigenvalue weighted by Crippen LogP contribution is -2.52. The first-order valence-corrected chi connectivity index (χ1v) is 12.4. The fourth-order valence-electron chi connectivity index (χ4n) is 5.45. The van der Waals surface area contributed by atoms with Crippen LogP contribution in [0.3, 0.4) is 0 Å². The molecular weight excluding hydrogens is 440 g/mol. The monoisotopic (exact) mass is 470 g/mol. The molecule has 35 heavy (non-hydrogen) atoms. The molecule has 3 aromatic heterocycles. The van der Waals surface area contributed by atoms with Crippen molar-refractivity contribution in [2.24, 2.45) is 5.92 Å². The maximum atomic E-state index is 13.5. The summed E-state index contributed by atoms with van der Waals surface area (Å²) in [7, 11) is 1.69. The van der Waals surface area contributed by atoms with Gasteiger partial charge in [-0.15, -0.1) is 0 Å². The summed E-state index contributed by atoms with van der Waals surface area (Å²) >= 11 is 0. The minimum atomic E-state index is -0.0108. The summed E-state index contributed by atoms with van der Waals surface area (Å²) in [4.78, 5) is 29.6. The first-order valence-electron chi connectivity index (χ1n) is 12.4. The summed E-state index contributed by atoms with van der Waals surface area (Å²) in [5.74, 6) is 2.04. The van der Waals surface area contributed by atoms with Gasteiger partial charge in [-0.1, -0.05) is 6.07 Å². The number of carbonyl (C=O) groups is 1. The number of hydrogen-bond acceptors (Lipinski definition) is 6. The topological polar surface area (TPSA) is 66.2 Å². The number of hydrogen-bond donors (Lipinski definition) is 0. The van der Waals surface area contributed by atoms with Crippen molar-refractivity contribution in [3.05, 3.63) is 60.9 Å². The molecule has 4 aromatic rings. The molecule has 1 aromatic carbocycles. The van der Waals surface area contributed by atoms with Gasteiger partial charge in [0.25, 0.3) is 0 Å². The van der Waals surface area contributed by atoms with E-state index in [4.69, 9.17) is 9.72 Å². The van der Waals surface area contributed by atoms with Gasteiger partial charge in [-0.3, -0.25) is 4.79 Å². The van der Waals surface area contributed by atoms with Crippen LogP contribution in [0.15, 0.2) is 60.9 Å². The van der Waals surface area contributed by atoms with Crippen molar-refractivity contribution >= 4 is 34.1 Å².